The molecule has 27 heavy (non-hydrogen) atoms. The van der Waals surface area contributed by atoms with Crippen molar-refractivity contribution in [2.24, 2.45) is 0 Å². The standard InChI is InChI=1S/C18H21N3O5S/c1-3-14-7-8-15(12-17(14)21(23)24)20-18(22)11-6-13-4-9-16(10-5-13)27(25,26)19-2/h4-5,7-10,12,19H,3,6,11H2,1-2H3,(H,20,22). The Morgan fingerprint density at radius 3 is 2.37 bits per heavy atom. The number of amides is 1. The summed E-state index contributed by atoms with van der Waals surface area (Å²) < 4.78 is 25.6. The van der Waals surface area contributed by atoms with Crippen molar-refractivity contribution in [1.29, 1.82) is 0 Å². The highest BCUT2D eigenvalue weighted by Gasteiger charge is 2.14. The fourth-order valence-corrected chi connectivity index (χ4v) is 3.28. The van der Waals surface area contributed by atoms with Crippen LogP contribution in [0, 0.1) is 10.1 Å². The SMILES string of the molecule is CCc1ccc(NC(=O)CCc2ccc(S(=O)(=O)NC)cc2)cc1[N+](=O)[O-]. The highest BCUT2D eigenvalue weighted by molar-refractivity contribution is 7.89. The van der Waals surface area contributed by atoms with Gasteiger partial charge in [-0.25, -0.2) is 13.1 Å². The molecule has 0 aliphatic heterocycles. The van der Waals surface area contributed by atoms with E-state index in [2.05, 4.69) is 10.0 Å². The lowest BCUT2D eigenvalue weighted by Gasteiger charge is -2.08. The van der Waals surface area contributed by atoms with Gasteiger partial charge in [-0.1, -0.05) is 25.1 Å². The van der Waals surface area contributed by atoms with E-state index in [9.17, 15) is 23.3 Å². The molecule has 0 atom stereocenters. The molecule has 0 heterocycles. The first-order chi connectivity index (χ1) is 12.8. The van der Waals surface area contributed by atoms with Crippen molar-refractivity contribution >= 4 is 27.3 Å². The summed E-state index contributed by atoms with van der Waals surface area (Å²) in [5, 5.41) is 13.7. The van der Waals surface area contributed by atoms with Gasteiger partial charge >= 0.3 is 0 Å². The third-order valence-electron chi connectivity index (χ3n) is 4.09. The summed E-state index contributed by atoms with van der Waals surface area (Å²) in [5.74, 6) is -0.277. The minimum atomic E-state index is -3.49. The summed E-state index contributed by atoms with van der Waals surface area (Å²) in [6.45, 7) is 1.83. The van der Waals surface area contributed by atoms with Crippen LogP contribution in [0.4, 0.5) is 11.4 Å². The molecule has 2 rings (SSSR count). The first-order valence-electron chi connectivity index (χ1n) is 8.36. The van der Waals surface area contributed by atoms with Crippen LogP contribution in [0.3, 0.4) is 0 Å². The van der Waals surface area contributed by atoms with E-state index in [-0.39, 0.29) is 22.9 Å². The number of aryl methyl sites for hydroxylation is 2. The van der Waals surface area contributed by atoms with Crippen molar-refractivity contribution in [3.8, 4) is 0 Å². The molecule has 0 bridgehead atoms. The average molecular weight is 391 g/mol. The Labute approximate surface area is 157 Å². The van der Waals surface area contributed by atoms with E-state index in [4.69, 9.17) is 0 Å². The summed E-state index contributed by atoms with van der Waals surface area (Å²) in [7, 11) is -2.15. The normalized spacial score (nSPS) is 11.2. The summed E-state index contributed by atoms with van der Waals surface area (Å²) in [6, 6.07) is 10.9. The fourth-order valence-electron chi connectivity index (χ4n) is 2.55. The van der Waals surface area contributed by atoms with Gasteiger partial charge in [0.25, 0.3) is 5.69 Å². The quantitative estimate of drug-likeness (QED) is 0.530. The van der Waals surface area contributed by atoms with Crippen molar-refractivity contribution in [2.75, 3.05) is 12.4 Å². The van der Waals surface area contributed by atoms with Gasteiger partial charge in [0, 0.05) is 23.7 Å². The Kier molecular flexibility index (Phi) is 6.65. The minimum absolute atomic E-state index is 0.0170. The van der Waals surface area contributed by atoms with Gasteiger partial charge in [0.05, 0.1) is 9.82 Å². The number of benzene rings is 2. The Morgan fingerprint density at radius 1 is 1.15 bits per heavy atom. The van der Waals surface area contributed by atoms with Crippen molar-refractivity contribution in [1.82, 2.24) is 4.72 Å². The molecule has 0 radical (unpaired) electrons. The van der Waals surface area contributed by atoms with Crippen LogP contribution in [-0.4, -0.2) is 26.3 Å². The number of nitro benzene ring substituents is 1. The van der Waals surface area contributed by atoms with Crippen LogP contribution in [0.25, 0.3) is 0 Å². The van der Waals surface area contributed by atoms with Crippen LogP contribution in [0.15, 0.2) is 47.4 Å². The van der Waals surface area contributed by atoms with Crippen LogP contribution in [-0.2, 0) is 27.7 Å². The van der Waals surface area contributed by atoms with Gasteiger partial charge in [0.15, 0.2) is 0 Å². The molecule has 2 aromatic rings. The van der Waals surface area contributed by atoms with Crippen LogP contribution >= 0.6 is 0 Å². The number of hydrogen-bond acceptors (Lipinski definition) is 5. The number of rotatable bonds is 8. The first-order valence-corrected chi connectivity index (χ1v) is 9.84. The van der Waals surface area contributed by atoms with Gasteiger partial charge in [0.1, 0.15) is 0 Å². The Hall–Kier alpha value is -2.78. The predicted octanol–water partition coefficient (Wildman–Crippen LogP) is 2.64. The molecule has 9 heteroatoms. The largest absolute Gasteiger partial charge is 0.326 e. The lowest BCUT2D eigenvalue weighted by molar-refractivity contribution is -0.385. The van der Waals surface area contributed by atoms with Crippen LogP contribution < -0.4 is 10.0 Å². The Bertz CT molecular complexity index is 940. The monoisotopic (exact) mass is 391 g/mol. The number of nitrogens with zero attached hydrogens (tertiary/aromatic N) is 1. The van der Waals surface area contributed by atoms with Crippen LogP contribution in [0.5, 0.6) is 0 Å². The third-order valence-corrected chi connectivity index (χ3v) is 5.52. The number of hydrogen-bond donors (Lipinski definition) is 2. The molecular weight excluding hydrogens is 370 g/mol. The topological polar surface area (TPSA) is 118 Å². The molecule has 0 aromatic heterocycles. The van der Waals surface area contributed by atoms with Gasteiger partial charge in [-0.2, -0.15) is 0 Å². The molecule has 0 saturated carbocycles. The second-order valence-electron chi connectivity index (χ2n) is 5.85. The molecule has 0 saturated heterocycles. The van der Waals surface area contributed by atoms with Gasteiger partial charge in [-0.3, -0.25) is 14.9 Å². The zero-order chi connectivity index (χ0) is 20.0. The van der Waals surface area contributed by atoms with Gasteiger partial charge in [-0.15, -0.1) is 0 Å². The lowest BCUT2D eigenvalue weighted by Crippen LogP contribution is -2.18. The van der Waals surface area contributed by atoms with Crippen molar-refractivity contribution in [3.63, 3.8) is 0 Å². The highest BCUT2D eigenvalue weighted by atomic mass is 32.2. The molecule has 0 spiro atoms. The molecule has 0 aliphatic rings. The second-order valence-corrected chi connectivity index (χ2v) is 7.74. The fraction of sp³-hybridized carbons (Fsp3) is 0.278. The van der Waals surface area contributed by atoms with Gasteiger partial charge in [-0.05, 0) is 43.7 Å². The van der Waals surface area contributed by atoms with Crippen LogP contribution in [0.2, 0.25) is 0 Å². The van der Waals surface area contributed by atoms with Gasteiger partial charge < -0.3 is 5.32 Å². The van der Waals surface area contributed by atoms with E-state index < -0.39 is 14.9 Å². The van der Waals surface area contributed by atoms with E-state index in [0.29, 0.717) is 24.1 Å². The Balaban J connectivity index is 1.99. The first kappa shape index (κ1) is 20.5. The van der Waals surface area contributed by atoms with E-state index in [1.807, 2.05) is 6.92 Å². The van der Waals surface area contributed by atoms with Crippen LogP contribution in [0.1, 0.15) is 24.5 Å². The molecule has 1 amide bonds. The van der Waals surface area contributed by atoms with E-state index >= 15 is 0 Å². The zero-order valence-electron chi connectivity index (χ0n) is 15.1. The number of anilines is 1. The summed E-state index contributed by atoms with van der Waals surface area (Å²) in [4.78, 5) is 22.9. The molecule has 0 aliphatic carbocycles. The predicted molar refractivity (Wildman–Crippen MR) is 102 cm³/mol. The molecule has 0 unspecified atom stereocenters. The van der Waals surface area contributed by atoms with E-state index in [1.165, 1.54) is 25.2 Å². The number of nitrogens with one attached hydrogen (secondary N) is 2. The maximum absolute atomic E-state index is 12.1. The molecule has 8 nitrogen and oxygen atoms in total. The number of nitro groups is 1. The molecule has 0 fully saturated rings. The lowest BCUT2D eigenvalue weighted by atomic mass is 10.1. The number of sulfonamides is 1. The molecule has 2 aromatic carbocycles. The number of carbonyl (C=O) groups is 1. The summed E-state index contributed by atoms with van der Waals surface area (Å²) >= 11 is 0. The zero-order valence-corrected chi connectivity index (χ0v) is 15.9. The van der Waals surface area contributed by atoms with Crippen molar-refractivity contribution < 1.29 is 18.1 Å². The smallest absolute Gasteiger partial charge is 0.274 e. The summed E-state index contributed by atoms with van der Waals surface area (Å²) in [6.07, 6.45) is 1.12. The maximum Gasteiger partial charge on any atom is 0.274 e. The average Bonchev–Trinajstić information content (AvgIpc) is 2.66. The van der Waals surface area contributed by atoms with Crippen molar-refractivity contribution in [2.45, 2.75) is 31.1 Å². The maximum atomic E-state index is 12.1. The Morgan fingerprint density at radius 2 is 1.81 bits per heavy atom. The van der Waals surface area contributed by atoms with E-state index in [0.717, 1.165) is 5.56 Å². The molecule has 2 N–H and O–H groups in total. The summed E-state index contributed by atoms with van der Waals surface area (Å²) in [5.41, 5.74) is 1.78. The second kappa shape index (κ2) is 8.74. The van der Waals surface area contributed by atoms with Crippen molar-refractivity contribution in [3.05, 3.63) is 63.7 Å². The highest BCUT2D eigenvalue weighted by Crippen LogP contribution is 2.24. The molecular formula is C18H21N3O5S. The van der Waals surface area contributed by atoms with E-state index in [1.54, 1.807) is 24.3 Å². The van der Waals surface area contributed by atoms with Gasteiger partial charge in [0.2, 0.25) is 15.9 Å². The third kappa shape index (κ3) is 5.35. The number of carbonyl (C=O) groups excluding carboxylic acids is 1. The molecule has 144 valence electrons. The minimum Gasteiger partial charge on any atom is -0.326 e.